The summed E-state index contributed by atoms with van der Waals surface area (Å²) in [4.78, 5) is 0. The van der Waals surface area contributed by atoms with Gasteiger partial charge in [-0.25, -0.2) is 0 Å². The third-order valence-corrected chi connectivity index (χ3v) is 2.97. The van der Waals surface area contributed by atoms with E-state index in [9.17, 15) is 0 Å². The van der Waals surface area contributed by atoms with E-state index in [4.69, 9.17) is 10.5 Å². The van der Waals surface area contributed by atoms with Crippen molar-refractivity contribution >= 4 is 5.69 Å². The lowest BCUT2D eigenvalue weighted by Crippen LogP contribution is -2.15. The average Bonchev–Trinajstić information content (AvgIpc) is 2.33. The number of rotatable bonds is 4. The maximum Gasteiger partial charge on any atom is 0.142 e. The van der Waals surface area contributed by atoms with Gasteiger partial charge in [0.15, 0.2) is 0 Å². The van der Waals surface area contributed by atoms with Crippen LogP contribution in [0, 0.1) is 12.3 Å². The molecular formula is C16H25NO. The summed E-state index contributed by atoms with van der Waals surface area (Å²) in [5.74, 6) is 3.04. The molecule has 2 N–H and O–H groups in total. The average molecular weight is 247 g/mol. The molecule has 0 aliphatic heterocycles. The molecule has 0 aliphatic carbocycles. The summed E-state index contributed by atoms with van der Waals surface area (Å²) in [6, 6.07) is 6.09. The van der Waals surface area contributed by atoms with Crippen LogP contribution in [-0.4, -0.2) is 6.61 Å². The van der Waals surface area contributed by atoms with Crippen LogP contribution in [-0.2, 0) is 5.41 Å². The maximum absolute atomic E-state index is 5.93. The molecule has 0 fully saturated rings. The van der Waals surface area contributed by atoms with Gasteiger partial charge in [-0.1, -0.05) is 26.8 Å². The van der Waals surface area contributed by atoms with Crippen molar-refractivity contribution in [3.63, 3.8) is 0 Å². The third-order valence-electron chi connectivity index (χ3n) is 2.97. The Labute approximate surface area is 112 Å². The van der Waals surface area contributed by atoms with E-state index in [1.165, 1.54) is 5.56 Å². The Morgan fingerprint density at radius 3 is 2.28 bits per heavy atom. The van der Waals surface area contributed by atoms with Crippen LogP contribution in [0.3, 0.4) is 0 Å². The zero-order chi connectivity index (χ0) is 14.2. The standard InChI is InChI=1S/C13H21NO.C3H4/c1-5-13(3,4)10-7-8-12(15-6-2)11(14)9-10;1-3-2/h7-9H,5-6,14H2,1-4H3;1H,2H3. The van der Waals surface area contributed by atoms with E-state index in [2.05, 4.69) is 39.2 Å². The minimum Gasteiger partial charge on any atom is -0.492 e. The van der Waals surface area contributed by atoms with Crippen molar-refractivity contribution in [3.8, 4) is 18.1 Å². The van der Waals surface area contributed by atoms with Gasteiger partial charge in [0.25, 0.3) is 0 Å². The molecule has 0 aromatic heterocycles. The summed E-state index contributed by atoms with van der Waals surface area (Å²) >= 11 is 0. The van der Waals surface area contributed by atoms with Gasteiger partial charge in [-0.3, -0.25) is 0 Å². The van der Waals surface area contributed by atoms with Crippen LogP contribution >= 0.6 is 0 Å². The zero-order valence-corrected chi connectivity index (χ0v) is 12.2. The number of nitrogen functional groups attached to an aromatic ring is 1. The van der Waals surface area contributed by atoms with Gasteiger partial charge in [0.05, 0.1) is 12.3 Å². The monoisotopic (exact) mass is 247 g/mol. The van der Waals surface area contributed by atoms with Gasteiger partial charge in [-0.05, 0) is 43.4 Å². The number of hydrogen-bond acceptors (Lipinski definition) is 2. The quantitative estimate of drug-likeness (QED) is 0.645. The molecule has 0 unspecified atom stereocenters. The normalized spacial score (nSPS) is 10.0. The van der Waals surface area contributed by atoms with Crippen molar-refractivity contribution in [2.75, 3.05) is 12.3 Å². The second-order valence-corrected chi connectivity index (χ2v) is 4.71. The molecular weight excluding hydrogens is 222 g/mol. The highest BCUT2D eigenvalue weighted by molar-refractivity contribution is 5.55. The Balaban J connectivity index is 0.000000873. The molecule has 1 aromatic rings. The second-order valence-electron chi connectivity index (χ2n) is 4.71. The van der Waals surface area contributed by atoms with Crippen molar-refractivity contribution in [1.29, 1.82) is 0 Å². The van der Waals surface area contributed by atoms with Crippen LogP contribution in [0.25, 0.3) is 0 Å². The van der Waals surface area contributed by atoms with Crippen LogP contribution in [0.4, 0.5) is 5.69 Å². The molecule has 0 atom stereocenters. The van der Waals surface area contributed by atoms with E-state index in [-0.39, 0.29) is 5.41 Å². The van der Waals surface area contributed by atoms with E-state index in [1.807, 2.05) is 19.1 Å². The molecule has 0 saturated heterocycles. The minimum absolute atomic E-state index is 0.179. The van der Waals surface area contributed by atoms with E-state index in [0.29, 0.717) is 6.61 Å². The summed E-state index contributed by atoms with van der Waals surface area (Å²) < 4.78 is 5.41. The van der Waals surface area contributed by atoms with Gasteiger partial charge in [-0.2, -0.15) is 0 Å². The number of anilines is 1. The van der Waals surface area contributed by atoms with Crippen LogP contribution in [0.15, 0.2) is 18.2 Å². The number of ether oxygens (including phenoxy) is 1. The number of hydrogen-bond donors (Lipinski definition) is 1. The number of nitrogens with two attached hydrogens (primary N) is 1. The van der Waals surface area contributed by atoms with Crippen molar-refractivity contribution < 1.29 is 4.74 Å². The first-order valence-corrected chi connectivity index (χ1v) is 6.33. The Morgan fingerprint density at radius 1 is 1.33 bits per heavy atom. The maximum atomic E-state index is 5.93. The van der Waals surface area contributed by atoms with Gasteiger partial charge in [0, 0.05) is 0 Å². The Morgan fingerprint density at radius 2 is 1.89 bits per heavy atom. The van der Waals surface area contributed by atoms with Crippen molar-refractivity contribution in [2.45, 2.75) is 46.5 Å². The minimum atomic E-state index is 0.179. The van der Waals surface area contributed by atoms with E-state index >= 15 is 0 Å². The largest absolute Gasteiger partial charge is 0.492 e. The fourth-order valence-corrected chi connectivity index (χ4v) is 1.46. The predicted molar refractivity (Wildman–Crippen MR) is 79.8 cm³/mol. The Kier molecular flexibility index (Phi) is 6.97. The smallest absolute Gasteiger partial charge is 0.142 e. The Hall–Kier alpha value is -1.62. The highest BCUT2D eigenvalue weighted by atomic mass is 16.5. The highest BCUT2D eigenvalue weighted by Crippen LogP contribution is 2.31. The molecule has 0 saturated carbocycles. The topological polar surface area (TPSA) is 35.2 Å². The first-order chi connectivity index (χ1) is 8.42. The zero-order valence-electron chi connectivity index (χ0n) is 12.2. The first-order valence-electron chi connectivity index (χ1n) is 6.33. The van der Waals surface area contributed by atoms with Crippen LogP contribution < -0.4 is 10.5 Å². The molecule has 0 bridgehead atoms. The molecule has 0 amide bonds. The van der Waals surface area contributed by atoms with Crippen LogP contribution in [0.5, 0.6) is 5.75 Å². The summed E-state index contributed by atoms with van der Waals surface area (Å²) in [5, 5.41) is 0. The van der Waals surface area contributed by atoms with E-state index in [1.54, 1.807) is 6.92 Å². The second kappa shape index (κ2) is 7.66. The van der Waals surface area contributed by atoms with Gasteiger partial charge < -0.3 is 10.5 Å². The molecule has 2 heteroatoms. The van der Waals surface area contributed by atoms with E-state index in [0.717, 1.165) is 17.9 Å². The SMILES string of the molecule is C#CC.CCOc1ccc(C(C)(C)CC)cc1N. The van der Waals surface area contributed by atoms with Crippen LogP contribution in [0.1, 0.15) is 46.6 Å². The molecule has 1 rings (SSSR count). The first kappa shape index (κ1) is 16.4. The lowest BCUT2D eigenvalue weighted by atomic mass is 9.82. The Bertz CT molecular complexity index is 402. The van der Waals surface area contributed by atoms with E-state index < -0.39 is 0 Å². The van der Waals surface area contributed by atoms with Crippen molar-refractivity contribution in [3.05, 3.63) is 23.8 Å². The molecule has 0 radical (unpaired) electrons. The van der Waals surface area contributed by atoms with Crippen LogP contribution in [0.2, 0.25) is 0 Å². The fraction of sp³-hybridized carbons (Fsp3) is 0.500. The molecule has 2 nitrogen and oxygen atoms in total. The summed E-state index contributed by atoms with van der Waals surface area (Å²) in [6.07, 6.45) is 5.69. The van der Waals surface area contributed by atoms with Gasteiger partial charge in [0.1, 0.15) is 5.75 Å². The molecule has 0 aliphatic rings. The predicted octanol–water partition coefficient (Wildman–Crippen LogP) is 3.99. The number of terminal acetylenes is 1. The summed E-state index contributed by atoms with van der Waals surface area (Å²) in [5.41, 5.74) is 8.11. The molecule has 18 heavy (non-hydrogen) atoms. The van der Waals surface area contributed by atoms with Crippen molar-refractivity contribution in [1.82, 2.24) is 0 Å². The molecule has 1 aromatic carbocycles. The lowest BCUT2D eigenvalue weighted by Gasteiger charge is -2.24. The molecule has 0 spiro atoms. The van der Waals surface area contributed by atoms with Gasteiger partial charge >= 0.3 is 0 Å². The highest BCUT2D eigenvalue weighted by Gasteiger charge is 2.18. The summed E-state index contributed by atoms with van der Waals surface area (Å²) in [6.45, 7) is 10.9. The lowest BCUT2D eigenvalue weighted by molar-refractivity contribution is 0.341. The fourth-order valence-electron chi connectivity index (χ4n) is 1.46. The van der Waals surface area contributed by atoms with Gasteiger partial charge in [0.2, 0.25) is 0 Å². The van der Waals surface area contributed by atoms with Crippen molar-refractivity contribution in [2.24, 2.45) is 0 Å². The van der Waals surface area contributed by atoms with Gasteiger partial charge in [-0.15, -0.1) is 12.3 Å². The summed E-state index contributed by atoms with van der Waals surface area (Å²) in [7, 11) is 0. The number of benzene rings is 1. The molecule has 0 heterocycles. The third kappa shape index (κ3) is 4.71. The molecule has 100 valence electrons.